The molecule has 34 heavy (non-hydrogen) atoms. The van der Waals surface area contributed by atoms with E-state index >= 15 is 4.39 Å². The molecule has 0 bridgehead atoms. The number of hydrogen-bond donors (Lipinski definition) is 1. The summed E-state index contributed by atoms with van der Waals surface area (Å²) in [6.45, 7) is 0. The summed E-state index contributed by atoms with van der Waals surface area (Å²) in [4.78, 5) is 4.37. The summed E-state index contributed by atoms with van der Waals surface area (Å²) >= 11 is 9.93. The normalized spacial score (nSPS) is 18.4. The first-order valence-corrected chi connectivity index (χ1v) is 11.7. The Labute approximate surface area is 208 Å². The average molecular weight is 540 g/mol. The molecular formula is C25H17BrClFN4O2. The van der Waals surface area contributed by atoms with Gasteiger partial charge >= 0.3 is 0 Å². The molecule has 0 aliphatic carbocycles. The number of hydrogen-bond acceptors (Lipinski definition) is 5. The summed E-state index contributed by atoms with van der Waals surface area (Å²) in [5.74, 6) is 1.44. The van der Waals surface area contributed by atoms with Gasteiger partial charge in [-0.05, 0) is 42.5 Å². The van der Waals surface area contributed by atoms with Crippen molar-refractivity contribution in [1.29, 1.82) is 0 Å². The van der Waals surface area contributed by atoms with Crippen LogP contribution in [0.3, 0.4) is 0 Å². The van der Waals surface area contributed by atoms with Crippen molar-refractivity contribution in [2.24, 2.45) is 0 Å². The molecule has 3 aromatic carbocycles. The molecule has 0 saturated carbocycles. The van der Waals surface area contributed by atoms with Crippen LogP contribution in [0.4, 0.5) is 10.3 Å². The van der Waals surface area contributed by atoms with Crippen LogP contribution in [0, 0.1) is 5.82 Å². The van der Waals surface area contributed by atoms with Gasteiger partial charge in [0.15, 0.2) is 6.10 Å². The molecule has 2 atom stereocenters. The molecule has 3 heterocycles. The fourth-order valence-corrected chi connectivity index (χ4v) is 5.16. The van der Waals surface area contributed by atoms with Gasteiger partial charge in [0, 0.05) is 31.8 Å². The molecule has 6 rings (SSSR count). The Morgan fingerprint density at radius 2 is 1.97 bits per heavy atom. The van der Waals surface area contributed by atoms with Crippen molar-refractivity contribution >= 4 is 39.2 Å². The maximum absolute atomic E-state index is 15.2. The second-order valence-corrected chi connectivity index (χ2v) is 9.28. The number of ether oxygens (including phenoxy) is 2. The number of fused-ring (bicyclic) bond motifs is 3. The van der Waals surface area contributed by atoms with Crippen molar-refractivity contribution in [3.8, 4) is 11.5 Å². The minimum Gasteiger partial charge on any atom is -0.496 e. The Bertz CT molecular complexity index is 1470. The summed E-state index contributed by atoms with van der Waals surface area (Å²) in [6, 6.07) is 17.2. The molecule has 6 nitrogen and oxygen atoms in total. The maximum atomic E-state index is 15.2. The maximum Gasteiger partial charge on any atom is 0.226 e. The van der Waals surface area contributed by atoms with Gasteiger partial charge in [-0.2, -0.15) is 10.1 Å². The molecule has 0 saturated heterocycles. The van der Waals surface area contributed by atoms with E-state index in [0.717, 1.165) is 26.9 Å². The number of halogens is 3. The molecule has 4 aromatic rings. The molecule has 0 unspecified atom stereocenters. The van der Waals surface area contributed by atoms with Crippen LogP contribution in [0.2, 0.25) is 5.02 Å². The van der Waals surface area contributed by atoms with Gasteiger partial charge in [0.1, 0.15) is 29.7 Å². The van der Waals surface area contributed by atoms with E-state index in [1.54, 1.807) is 36.1 Å². The average Bonchev–Trinajstić information content (AvgIpc) is 3.31. The molecule has 0 amide bonds. The highest BCUT2D eigenvalue weighted by Crippen LogP contribution is 2.52. The van der Waals surface area contributed by atoms with Crippen molar-refractivity contribution < 1.29 is 13.9 Å². The van der Waals surface area contributed by atoms with Gasteiger partial charge in [-0.3, -0.25) is 0 Å². The van der Waals surface area contributed by atoms with E-state index in [4.69, 9.17) is 21.1 Å². The highest BCUT2D eigenvalue weighted by atomic mass is 79.9. The van der Waals surface area contributed by atoms with Crippen LogP contribution < -0.4 is 14.8 Å². The van der Waals surface area contributed by atoms with Gasteiger partial charge in [0.05, 0.1) is 12.8 Å². The minimum absolute atomic E-state index is 0.348. The number of methoxy groups -OCH3 is 1. The first-order chi connectivity index (χ1) is 16.5. The van der Waals surface area contributed by atoms with Gasteiger partial charge in [-0.1, -0.05) is 45.7 Å². The molecule has 2 aliphatic heterocycles. The van der Waals surface area contributed by atoms with Crippen LogP contribution in [0.15, 0.2) is 77.0 Å². The van der Waals surface area contributed by atoms with Crippen molar-refractivity contribution in [3.63, 3.8) is 0 Å². The number of rotatable bonds is 3. The lowest BCUT2D eigenvalue weighted by Crippen LogP contribution is -2.33. The van der Waals surface area contributed by atoms with Crippen LogP contribution in [0.1, 0.15) is 28.8 Å². The van der Waals surface area contributed by atoms with E-state index in [1.807, 2.05) is 30.3 Å². The van der Waals surface area contributed by atoms with Gasteiger partial charge < -0.3 is 14.8 Å². The SMILES string of the molecule is COc1ccc(Br)cc1[C@@H]1Oc2ccc(Cl)cc2C2=C1[C@@H](c1ccccc1F)n1ncnc1N2. The lowest BCUT2D eigenvalue weighted by molar-refractivity contribution is 0.217. The molecule has 2 aliphatic rings. The van der Waals surface area contributed by atoms with Crippen LogP contribution in [0.5, 0.6) is 11.5 Å². The predicted molar refractivity (Wildman–Crippen MR) is 131 cm³/mol. The fourth-order valence-electron chi connectivity index (χ4n) is 4.61. The number of aromatic nitrogens is 3. The van der Waals surface area contributed by atoms with E-state index in [0.29, 0.717) is 28.0 Å². The zero-order valence-electron chi connectivity index (χ0n) is 17.8. The van der Waals surface area contributed by atoms with E-state index in [9.17, 15) is 0 Å². The van der Waals surface area contributed by atoms with Crippen LogP contribution >= 0.6 is 27.5 Å². The summed E-state index contributed by atoms with van der Waals surface area (Å²) in [6.07, 6.45) is 0.842. The third kappa shape index (κ3) is 3.28. The molecule has 1 aromatic heterocycles. The largest absolute Gasteiger partial charge is 0.496 e. The molecule has 1 N–H and O–H groups in total. The number of benzene rings is 3. The Balaban J connectivity index is 1.68. The zero-order valence-corrected chi connectivity index (χ0v) is 20.1. The Morgan fingerprint density at radius 1 is 1.12 bits per heavy atom. The number of nitrogens with one attached hydrogen (secondary N) is 1. The van der Waals surface area contributed by atoms with E-state index < -0.39 is 12.1 Å². The number of anilines is 1. The Kier molecular flexibility index (Phi) is 5.08. The van der Waals surface area contributed by atoms with Crippen LogP contribution in [-0.2, 0) is 0 Å². The van der Waals surface area contributed by atoms with Gasteiger partial charge in [0.2, 0.25) is 5.95 Å². The lowest BCUT2D eigenvalue weighted by atomic mass is 9.84. The van der Waals surface area contributed by atoms with Crippen molar-refractivity contribution in [1.82, 2.24) is 14.8 Å². The highest BCUT2D eigenvalue weighted by molar-refractivity contribution is 9.10. The third-order valence-electron chi connectivity index (χ3n) is 6.05. The molecule has 0 fully saturated rings. The minimum atomic E-state index is -0.615. The molecule has 0 radical (unpaired) electrons. The quantitative estimate of drug-likeness (QED) is 0.326. The van der Waals surface area contributed by atoms with Gasteiger partial charge in [0.25, 0.3) is 0 Å². The monoisotopic (exact) mass is 538 g/mol. The first-order valence-electron chi connectivity index (χ1n) is 10.5. The standard InChI is InChI=1S/C25H17BrClFN4O2/c1-33-19-8-6-13(26)10-17(19)24-21-22(16-11-14(27)7-9-20(16)34-24)31-25-29-12-30-32(25)23(21)15-4-2-3-5-18(15)28/h2-12,23-24H,1H3,(H,29,30,31)/t23-,24+/m1/s1. The van der Waals surface area contributed by atoms with E-state index in [-0.39, 0.29) is 5.82 Å². The highest BCUT2D eigenvalue weighted by Gasteiger charge is 2.42. The van der Waals surface area contributed by atoms with Crippen molar-refractivity contribution in [3.05, 3.63) is 105 Å². The second kappa shape index (κ2) is 8.14. The van der Waals surface area contributed by atoms with E-state index in [2.05, 4.69) is 31.3 Å². The third-order valence-corrected chi connectivity index (χ3v) is 6.78. The topological polar surface area (TPSA) is 61.2 Å². The summed E-state index contributed by atoms with van der Waals surface area (Å²) in [5, 5.41) is 8.38. The molecular weight excluding hydrogens is 523 g/mol. The summed E-state index contributed by atoms with van der Waals surface area (Å²) in [5.41, 5.74) is 3.54. The second-order valence-electron chi connectivity index (χ2n) is 7.93. The molecule has 170 valence electrons. The Morgan fingerprint density at radius 3 is 2.79 bits per heavy atom. The van der Waals surface area contributed by atoms with Crippen molar-refractivity contribution in [2.75, 3.05) is 12.4 Å². The number of nitrogens with zero attached hydrogens (tertiary/aromatic N) is 3. The van der Waals surface area contributed by atoms with E-state index in [1.165, 1.54) is 12.4 Å². The summed E-state index contributed by atoms with van der Waals surface area (Å²) in [7, 11) is 1.61. The summed E-state index contributed by atoms with van der Waals surface area (Å²) < 4.78 is 30.0. The first kappa shape index (κ1) is 21.2. The predicted octanol–water partition coefficient (Wildman–Crippen LogP) is 6.40. The van der Waals surface area contributed by atoms with Crippen molar-refractivity contribution in [2.45, 2.75) is 12.1 Å². The van der Waals surface area contributed by atoms with Crippen LogP contribution in [-0.4, -0.2) is 21.9 Å². The zero-order chi connectivity index (χ0) is 23.4. The smallest absolute Gasteiger partial charge is 0.226 e. The molecule has 0 spiro atoms. The van der Waals surface area contributed by atoms with Gasteiger partial charge in [-0.15, -0.1) is 0 Å². The lowest BCUT2D eigenvalue weighted by Gasteiger charge is -2.39. The van der Waals surface area contributed by atoms with Crippen LogP contribution in [0.25, 0.3) is 5.70 Å². The molecule has 9 heteroatoms. The van der Waals surface area contributed by atoms with Gasteiger partial charge in [-0.25, -0.2) is 9.07 Å². The Hall–Kier alpha value is -3.36. The fraction of sp³-hybridized carbons (Fsp3) is 0.120.